The summed E-state index contributed by atoms with van der Waals surface area (Å²) in [5.41, 5.74) is 0.795. The van der Waals surface area contributed by atoms with Crippen molar-refractivity contribution >= 4 is 21.6 Å². The molecular weight excluding hydrogens is 354 g/mol. The number of pyridine rings is 1. The second-order valence-electron chi connectivity index (χ2n) is 6.06. The van der Waals surface area contributed by atoms with Gasteiger partial charge in [0.2, 0.25) is 10.0 Å². The van der Waals surface area contributed by atoms with Crippen LogP contribution in [0, 0.1) is 0 Å². The smallest absolute Gasteiger partial charge is 0.255 e. The molecule has 1 fully saturated rings. The van der Waals surface area contributed by atoms with Crippen molar-refractivity contribution in [2.45, 2.75) is 30.3 Å². The Bertz CT molecular complexity index is 850. The molecule has 0 spiro atoms. The van der Waals surface area contributed by atoms with E-state index in [1.165, 1.54) is 18.3 Å². The predicted molar refractivity (Wildman–Crippen MR) is 97.4 cm³/mol. The van der Waals surface area contributed by atoms with Gasteiger partial charge in [0.05, 0.1) is 22.9 Å². The molecule has 0 bridgehead atoms. The number of rotatable bonds is 6. The van der Waals surface area contributed by atoms with Crippen LogP contribution in [0.5, 0.6) is 0 Å². The molecule has 2 N–H and O–H groups in total. The molecular formula is C18H21N3O4S. The van der Waals surface area contributed by atoms with Crippen LogP contribution in [-0.2, 0) is 14.8 Å². The number of amides is 1. The topological polar surface area (TPSA) is 97.4 Å². The summed E-state index contributed by atoms with van der Waals surface area (Å²) in [4.78, 5) is 16.3. The van der Waals surface area contributed by atoms with Crippen LogP contribution in [0.25, 0.3) is 0 Å². The van der Waals surface area contributed by atoms with Crippen LogP contribution in [-0.4, -0.2) is 38.6 Å². The maximum atomic E-state index is 12.5. The summed E-state index contributed by atoms with van der Waals surface area (Å²) in [6.45, 7) is 0.894. The minimum atomic E-state index is -3.71. The summed E-state index contributed by atoms with van der Waals surface area (Å²) in [7, 11) is -3.71. The molecule has 1 amide bonds. The largest absolute Gasteiger partial charge is 0.377 e. The zero-order valence-electron chi connectivity index (χ0n) is 14.2. The van der Waals surface area contributed by atoms with Gasteiger partial charge in [0.1, 0.15) is 0 Å². The molecule has 7 nitrogen and oxygen atoms in total. The number of carbonyl (C=O) groups is 1. The van der Waals surface area contributed by atoms with Crippen LogP contribution in [0.3, 0.4) is 0 Å². The monoisotopic (exact) mass is 375 g/mol. The van der Waals surface area contributed by atoms with Crippen molar-refractivity contribution in [1.82, 2.24) is 9.71 Å². The zero-order chi connectivity index (χ0) is 18.4. The summed E-state index contributed by atoms with van der Waals surface area (Å²) in [5, 5.41) is 2.68. The Morgan fingerprint density at radius 3 is 2.85 bits per heavy atom. The first-order valence-corrected chi connectivity index (χ1v) is 9.96. The summed E-state index contributed by atoms with van der Waals surface area (Å²) in [5.74, 6) is -0.398. The molecule has 1 aliphatic rings. The molecule has 0 aliphatic carbocycles. The average molecular weight is 375 g/mol. The maximum absolute atomic E-state index is 12.5. The molecule has 1 atom stereocenters. The van der Waals surface area contributed by atoms with E-state index < -0.39 is 15.9 Å². The van der Waals surface area contributed by atoms with Crippen LogP contribution in [0.1, 0.15) is 29.6 Å². The first-order chi connectivity index (χ1) is 12.5. The molecule has 2 aromatic rings. The molecule has 3 rings (SSSR count). The number of nitrogens with zero attached hydrogens (tertiary/aromatic N) is 1. The highest BCUT2D eigenvalue weighted by Gasteiger charge is 2.20. The van der Waals surface area contributed by atoms with Crippen molar-refractivity contribution in [1.29, 1.82) is 0 Å². The molecule has 2 heterocycles. The Morgan fingerprint density at radius 2 is 2.12 bits per heavy atom. The second-order valence-corrected chi connectivity index (χ2v) is 7.83. The highest BCUT2D eigenvalue weighted by atomic mass is 32.2. The molecule has 138 valence electrons. The summed E-state index contributed by atoms with van der Waals surface area (Å²) in [6.07, 6.45) is 5.91. The van der Waals surface area contributed by atoms with Gasteiger partial charge in [-0.15, -0.1) is 0 Å². The van der Waals surface area contributed by atoms with Crippen LogP contribution < -0.4 is 10.0 Å². The number of aromatic nitrogens is 1. The van der Waals surface area contributed by atoms with Crippen molar-refractivity contribution in [3.05, 3.63) is 54.4 Å². The first kappa shape index (κ1) is 18.5. The first-order valence-electron chi connectivity index (χ1n) is 8.47. The fourth-order valence-electron chi connectivity index (χ4n) is 2.70. The Hall–Kier alpha value is -2.29. The van der Waals surface area contributed by atoms with Crippen molar-refractivity contribution in [3.8, 4) is 0 Å². The van der Waals surface area contributed by atoms with Crippen molar-refractivity contribution in [3.63, 3.8) is 0 Å². The molecule has 26 heavy (non-hydrogen) atoms. The summed E-state index contributed by atoms with van der Waals surface area (Å²) < 4.78 is 33.1. The Morgan fingerprint density at radius 1 is 1.23 bits per heavy atom. The fraction of sp³-hybridized carbons (Fsp3) is 0.333. The van der Waals surface area contributed by atoms with Crippen molar-refractivity contribution in [2.75, 3.05) is 18.5 Å². The minimum absolute atomic E-state index is 0.0483. The average Bonchev–Trinajstić information content (AvgIpc) is 2.68. The van der Waals surface area contributed by atoms with E-state index in [1.54, 1.807) is 30.5 Å². The number of nitrogens with one attached hydrogen (secondary N) is 2. The van der Waals surface area contributed by atoms with E-state index >= 15 is 0 Å². The van der Waals surface area contributed by atoms with Gasteiger partial charge >= 0.3 is 0 Å². The Labute approximate surface area is 152 Å². The van der Waals surface area contributed by atoms with Crippen molar-refractivity contribution in [2.24, 2.45) is 0 Å². The van der Waals surface area contributed by atoms with Crippen LogP contribution in [0.2, 0.25) is 0 Å². The number of ether oxygens (including phenoxy) is 1. The lowest BCUT2D eigenvalue weighted by Crippen LogP contribution is -2.35. The fourth-order valence-corrected chi connectivity index (χ4v) is 3.81. The molecule has 1 aliphatic heterocycles. The van der Waals surface area contributed by atoms with E-state index in [0.717, 1.165) is 19.3 Å². The van der Waals surface area contributed by atoms with E-state index in [4.69, 9.17) is 4.74 Å². The van der Waals surface area contributed by atoms with Crippen LogP contribution >= 0.6 is 0 Å². The maximum Gasteiger partial charge on any atom is 0.255 e. The normalized spacial score (nSPS) is 17.6. The quantitative estimate of drug-likeness (QED) is 0.807. The van der Waals surface area contributed by atoms with Gasteiger partial charge in [0.15, 0.2) is 0 Å². The van der Waals surface area contributed by atoms with Gasteiger partial charge < -0.3 is 10.1 Å². The molecule has 0 radical (unpaired) electrons. The minimum Gasteiger partial charge on any atom is -0.377 e. The molecule has 0 saturated carbocycles. The number of carbonyl (C=O) groups excluding carboxylic acids is 1. The van der Waals surface area contributed by atoms with Gasteiger partial charge in [-0.2, -0.15) is 0 Å². The third-order valence-electron chi connectivity index (χ3n) is 4.10. The number of anilines is 1. The van der Waals surface area contributed by atoms with Gasteiger partial charge in [-0.25, -0.2) is 13.1 Å². The number of sulfonamides is 1. The van der Waals surface area contributed by atoms with Gasteiger partial charge in [0.25, 0.3) is 5.91 Å². The molecule has 8 heteroatoms. The van der Waals surface area contributed by atoms with E-state index in [0.29, 0.717) is 12.3 Å². The standard InChI is InChI=1S/C18H21N3O4S/c22-18(21-15-6-4-9-19-12-15)14-5-3-8-17(11-14)26(23,24)20-13-16-7-1-2-10-25-16/h3-6,8-9,11-12,16,20H,1-2,7,10,13H2,(H,21,22)/t16-/m0/s1. The van der Waals surface area contributed by atoms with E-state index in [2.05, 4.69) is 15.0 Å². The van der Waals surface area contributed by atoms with Crippen LogP contribution in [0.15, 0.2) is 53.7 Å². The summed E-state index contributed by atoms with van der Waals surface area (Å²) in [6, 6.07) is 9.34. The Kier molecular flexibility index (Phi) is 5.97. The van der Waals surface area contributed by atoms with Crippen molar-refractivity contribution < 1.29 is 17.9 Å². The summed E-state index contributed by atoms with van der Waals surface area (Å²) >= 11 is 0. The highest BCUT2D eigenvalue weighted by Crippen LogP contribution is 2.16. The van der Waals surface area contributed by atoms with Gasteiger partial charge in [-0.3, -0.25) is 9.78 Å². The number of hydrogen-bond donors (Lipinski definition) is 2. The van der Waals surface area contributed by atoms with Crippen LogP contribution in [0.4, 0.5) is 5.69 Å². The van der Waals surface area contributed by atoms with Gasteiger partial charge in [-0.05, 0) is 49.6 Å². The number of hydrogen-bond acceptors (Lipinski definition) is 5. The predicted octanol–water partition coefficient (Wildman–Crippen LogP) is 2.18. The Balaban J connectivity index is 1.68. The molecule has 1 saturated heterocycles. The van der Waals surface area contributed by atoms with Gasteiger partial charge in [0, 0.05) is 24.9 Å². The van der Waals surface area contributed by atoms with E-state index in [1.807, 2.05) is 0 Å². The molecule has 1 aromatic heterocycles. The lowest BCUT2D eigenvalue weighted by molar-refractivity contribution is 0.0200. The lowest BCUT2D eigenvalue weighted by Gasteiger charge is -2.22. The third-order valence-corrected chi connectivity index (χ3v) is 5.52. The zero-order valence-corrected chi connectivity index (χ0v) is 15.0. The second kappa shape index (κ2) is 8.39. The highest BCUT2D eigenvalue weighted by molar-refractivity contribution is 7.89. The number of benzene rings is 1. The molecule has 0 unspecified atom stereocenters. The van der Waals surface area contributed by atoms with E-state index in [9.17, 15) is 13.2 Å². The SMILES string of the molecule is O=C(Nc1cccnc1)c1cccc(S(=O)(=O)NC[C@@H]2CCCCO2)c1. The molecule has 1 aromatic carbocycles. The van der Waals surface area contributed by atoms with E-state index in [-0.39, 0.29) is 23.1 Å². The third kappa shape index (κ3) is 4.87. The lowest BCUT2D eigenvalue weighted by atomic mass is 10.1. The van der Waals surface area contributed by atoms with Gasteiger partial charge in [-0.1, -0.05) is 6.07 Å².